The Hall–Kier alpha value is -10.6. The number of hydrogen-bond donors (Lipinski definition) is 24. The molecule has 11 atom stereocenters. The Morgan fingerprint density at radius 3 is 0.684 bits per heavy atom. The molecule has 0 spiro atoms. The molecular weight excluding hydrogens is 1510 g/mol. The highest BCUT2D eigenvalue weighted by Crippen LogP contribution is 2.19. The fourth-order valence-electron chi connectivity index (χ4n) is 12.5. The quantitative estimate of drug-likeness (QED) is 0.0210. The van der Waals surface area contributed by atoms with Crippen molar-refractivity contribution in [1.82, 2.24) is 58.5 Å². The summed E-state index contributed by atoms with van der Waals surface area (Å²) in [7, 11) is 0. The van der Waals surface area contributed by atoms with Crippen LogP contribution in [0.2, 0.25) is 0 Å². The molecule has 0 fully saturated rings. The molecule has 0 aromatic heterocycles. The van der Waals surface area contributed by atoms with Crippen molar-refractivity contribution in [1.29, 1.82) is 0 Å². The fraction of sp³-hybridized carbons (Fsp3) is 0.556. The summed E-state index contributed by atoms with van der Waals surface area (Å²) in [6.07, 6.45) is 6.06. The van der Waals surface area contributed by atoms with Crippen molar-refractivity contribution in [3.8, 4) is 23.0 Å². The van der Waals surface area contributed by atoms with Gasteiger partial charge in [0.1, 0.15) is 65.3 Å². The van der Waals surface area contributed by atoms with Crippen molar-refractivity contribution in [3.05, 3.63) is 119 Å². The summed E-state index contributed by atoms with van der Waals surface area (Å²) in [5, 5.41) is 70.5. The van der Waals surface area contributed by atoms with Gasteiger partial charge in [0, 0.05) is 58.3 Å². The van der Waals surface area contributed by atoms with Gasteiger partial charge in [-0.3, -0.25) is 57.5 Å². The minimum atomic E-state index is -1.45. The van der Waals surface area contributed by atoms with Crippen LogP contribution in [0.25, 0.3) is 0 Å². The van der Waals surface area contributed by atoms with Gasteiger partial charge >= 0.3 is 0 Å². The predicted octanol–water partition coefficient (Wildman–Crippen LogP) is -2.15. The van der Waals surface area contributed by atoms with E-state index in [0.29, 0.717) is 113 Å². The maximum atomic E-state index is 14.9. The van der Waals surface area contributed by atoms with E-state index in [9.17, 15) is 78.0 Å². The number of amides is 12. The Morgan fingerprint density at radius 2 is 0.444 bits per heavy atom. The van der Waals surface area contributed by atoms with Gasteiger partial charge < -0.3 is 131 Å². The van der Waals surface area contributed by atoms with Crippen LogP contribution in [-0.2, 0) is 83.2 Å². The molecule has 12 amide bonds. The van der Waals surface area contributed by atoms with Gasteiger partial charge in [-0.1, -0.05) is 74.2 Å². The Balaban J connectivity index is 1.63. The van der Waals surface area contributed by atoms with Crippen LogP contribution in [0.5, 0.6) is 23.0 Å². The number of aromatic hydroxyl groups is 4. The summed E-state index contributed by atoms with van der Waals surface area (Å²) < 4.78 is 0. The van der Waals surface area contributed by atoms with Crippen molar-refractivity contribution in [2.24, 2.45) is 51.6 Å². The van der Waals surface area contributed by atoms with Gasteiger partial charge in [0.2, 0.25) is 70.9 Å². The Labute approximate surface area is 684 Å². The van der Waals surface area contributed by atoms with E-state index in [-0.39, 0.29) is 152 Å². The molecule has 0 aliphatic rings. The summed E-state index contributed by atoms with van der Waals surface area (Å²) in [5.74, 6) is -8.36. The number of hydrogen-bond acceptors (Lipinski definition) is 24. The number of primary amides is 1. The molecule has 648 valence electrons. The van der Waals surface area contributed by atoms with Gasteiger partial charge in [0.05, 0.1) is 24.2 Å². The van der Waals surface area contributed by atoms with Crippen molar-refractivity contribution in [2.45, 2.75) is 233 Å². The number of phenols is 4. The van der Waals surface area contributed by atoms with Crippen LogP contribution >= 0.6 is 0 Å². The first-order valence-electron chi connectivity index (χ1n) is 40.5. The first kappa shape index (κ1) is 98.8. The van der Waals surface area contributed by atoms with Crippen LogP contribution in [0.15, 0.2) is 97.1 Å². The lowest BCUT2D eigenvalue weighted by molar-refractivity contribution is -0.134. The molecular formula is C81H128N20O16. The van der Waals surface area contributed by atoms with Gasteiger partial charge in [0.25, 0.3) is 0 Å². The third-order valence-electron chi connectivity index (χ3n) is 19.5. The molecule has 0 radical (unpaired) electrons. The van der Waals surface area contributed by atoms with E-state index in [1.165, 1.54) is 60.7 Å². The summed E-state index contributed by atoms with van der Waals surface area (Å²) in [5.41, 5.74) is 55.4. The summed E-state index contributed by atoms with van der Waals surface area (Å²) in [6.45, 7) is 1.26. The summed E-state index contributed by atoms with van der Waals surface area (Å²) in [4.78, 5) is 167. The van der Waals surface area contributed by atoms with E-state index in [0.717, 1.165) is 0 Å². The molecule has 4 aromatic carbocycles. The van der Waals surface area contributed by atoms with E-state index in [1.54, 1.807) is 36.4 Å². The predicted molar refractivity (Wildman–Crippen MR) is 442 cm³/mol. The maximum absolute atomic E-state index is 14.9. The molecule has 0 aliphatic carbocycles. The number of unbranched alkanes of at least 4 members (excludes halogenated alkanes) is 7. The normalized spacial score (nSPS) is 14.0. The number of nitrogens with two attached hydrogens (primary N) is 9. The average Bonchev–Trinajstić information content (AvgIpc) is 0.868. The molecule has 117 heavy (non-hydrogen) atoms. The molecule has 0 heterocycles. The molecule has 4 rings (SSSR count). The topological polar surface area (TPSA) is 652 Å². The fourth-order valence-corrected chi connectivity index (χ4v) is 12.5. The highest BCUT2D eigenvalue weighted by atomic mass is 16.3. The van der Waals surface area contributed by atoms with Gasteiger partial charge in [-0.15, -0.1) is 0 Å². The molecule has 36 heteroatoms. The third-order valence-corrected chi connectivity index (χ3v) is 19.5. The van der Waals surface area contributed by atoms with E-state index >= 15 is 0 Å². The third kappa shape index (κ3) is 40.2. The van der Waals surface area contributed by atoms with Crippen molar-refractivity contribution in [3.63, 3.8) is 0 Å². The second-order valence-corrected chi connectivity index (χ2v) is 29.3. The molecule has 33 N–H and O–H groups in total. The molecule has 0 aliphatic heterocycles. The summed E-state index contributed by atoms with van der Waals surface area (Å²) in [6, 6.07) is 11.0. The average molecular weight is 1640 g/mol. The number of rotatable bonds is 60. The zero-order valence-corrected chi connectivity index (χ0v) is 67.0. The van der Waals surface area contributed by atoms with E-state index in [1.807, 2.05) is 0 Å². The number of carbonyl (C=O) groups is 12. The van der Waals surface area contributed by atoms with E-state index < -0.39 is 137 Å². The van der Waals surface area contributed by atoms with Crippen LogP contribution < -0.4 is 110 Å². The maximum Gasteiger partial charge on any atom is 0.243 e. The van der Waals surface area contributed by atoms with Crippen molar-refractivity contribution >= 4 is 70.9 Å². The molecule has 0 saturated carbocycles. The van der Waals surface area contributed by atoms with Crippen LogP contribution in [-0.4, -0.2) is 210 Å². The second kappa shape index (κ2) is 55.9. The Bertz CT molecular complexity index is 3700. The Kier molecular flexibility index (Phi) is 47.2. The molecule has 0 saturated heterocycles. The molecule has 36 nitrogen and oxygen atoms in total. The van der Waals surface area contributed by atoms with Crippen LogP contribution in [0.4, 0.5) is 0 Å². The molecule has 0 unspecified atom stereocenters. The lowest BCUT2D eigenvalue weighted by atomic mass is 10.0. The smallest absolute Gasteiger partial charge is 0.243 e. The lowest BCUT2D eigenvalue weighted by Crippen LogP contribution is -2.58. The summed E-state index contributed by atoms with van der Waals surface area (Å²) >= 11 is 0. The number of nitrogens with one attached hydrogen (secondary N) is 11. The van der Waals surface area contributed by atoms with Crippen molar-refractivity contribution < 1.29 is 78.0 Å². The van der Waals surface area contributed by atoms with Crippen LogP contribution in [0.3, 0.4) is 0 Å². The largest absolute Gasteiger partial charge is 0.508 e. The van der Waals surface area contributed by atoms with Crippen molar-refractivity contribution in [2.75, 3.05) is 52.4 Å². The number of phenolic OH excluding ortho intramolecular Hbond substituents is 4. The number of benzene rings is 4. The first-order valence-corrected chi connectivity index (χ1v) is 40.5. The van der Waals surface area contributed by atoms with Crippen LogP contribution in [0.1, 0.15) is 164 Å². The number of carbonyl (C=O) groups excluding carboxylic acids is 12. The molecule has 0 bridgehead atoms. The highest BCUT2D eigenvalue weighted by Gasteiger charge is 2.34. The zero-order valence-electron chi connectivity index (χ0n) is 67.0. The van der Waals surface area contributed by atoms with Gasteiger partial charge in [0.15, 0.2) is 0 Å². The minimum absolute atomic E-state index is 0.00233. The van der Waals surface area contributed by atoms with E-state index in [4.69, 9.17) is 51.6 Å². The van der Waals surface area contributed by atoms with Gasteiger partial charge in [-0.2, -0.15) is 0 Å². The molecule has 4 aromatic rings. The van der Waals surface area contributed by atoms with Gasteiger partial charge in [-0.25, -0.2) is 0 Å². The minimum Gasteiger partial charge on any atom is -0.508 e. The second-order valence-electron chi connectivity index (χ2n) is 29.3. The monoisotopic (exact) mass is 1640 g/mol. The highest BCUT2D eigenvalue weighted by molar-refractivity contribution is 5.96. The van der Waals surface area contributed by atoms with Gasteiger partial charge in [-0.05, 0) is 206 Å². The SMILES string of the molecule is NCCCC[C@H](N)C(=O)N[C@@H](Cc1ccc(O)cc1)C(=O)NCCCC[C@H](NC(=O)[C@H](Cc1ccc(O)cc1)NC(=O)[C@@H](N)CCCCN)C(=O)NCCCC[C@H](NC(=O)[C@H](CCCCNC(=O)[C@H](Cc1ccc(O)cc1)NC(=O)[C@@H](N)CCCCN)NC(=O)[C@H](Cc1ccc(O)cc1)NC(=O)[C@@H](N)CCCCN)C(=O)NCCC(N)=O. The van der Waals surface area contributed by atoms with Crippen LogP contribution in [0, 0.1) is 0 Å². The lowest BCUT2D eigenvalue weighted by Gasteiger charge is -2.26. The van der Waals surface area contributed by atoms with E-state index in [2.05, 4.69) is 58.5 Å². The first-order chi connectivity index (χ1) is 56.0. The standard InChI is InChI=1S/C81H128N20O16/c82-39-8-1-15-59(86)71(107)98-66(47-51-22-30-55(102)31-23-51)77(113)92-44-13-6-19-63(96-80(116)68(49-53-26-34-57(104)35-27-53)100-73(109)61(88)17-3-10-41-84)75(111)91-43-12-5-20-64(76(112)94-46-38-70(90)106)95-79(115)65(97-81(117)69(50-54-28-36-58(105)37-29-54)101-74(110)62(89)18-4-11-42-85)21-7-14-45-93-78(114)67(48-52-24-32-56(103)33-25-52)99-72(108)60(87)16-2-9-40-83/h22-37,59-69,102-105H,1-21,38-50,82-89H2,(H2,90,106)(H,91,111)(H,92,113)(H,93,114)(H,94,112)(H,95,115)(H,96,116)(H,97,117)(H,98,107)(H,99,108)(H,100,109)(H,101,110)/t59-,60-,61-,62-,63-,64-,65-,66-,67-,68-,69-/m0/s1. The zero-order chi connectivity index (χ0) is 86.0. The Morgan fingerprint density at radius 1 is 0.248 bits per heavy atom.